The van der Waals surface area contributed by atoms with Crippen LogP contribution in [-0.2, 0) is 16.0 Å². The lowest BCUT2D eigenvalue weighted by Gasteiger charge is -2.27. The highest BCUT2D eigenvalue weighted by Crippen LogP contribution is 2.40. The van der Waals surface area contributed by atoms with Crippen LogP contribution in [0, 0.1) is 0 Å². The maximum Gasteiger partial charge on any atom is 0.286 e. The van der Waals surface area contributed by atoms with Gasteiger partial charge in [-0.15, -0.1) is 0 Å². The molecule has 0 bridgehead atoms. The van der Waals surface area contributed by atoms with Gasteiger partial charge in [-0.2, -0.15) is 4.99 Å². The summed E-state index contributed by atoms with van der Waals surface area (Å²) in [6.07, 6.45) is 2.79. The van der Waals surface area contributed by atoms with Gasteiger partial charge in [0.2, 0.25) is 0 Å². The van der Waals surface area contributed by atoms with Gasteiger partial charge < -0.3 is 14.4 Å². The molecule has 0 unspecified atom stereocenters. The Balaban J connectivity index is 1.58. The molecule has 0 spiro atoms. The number of hydrogen-bond acceptors (Lipinski definition) is 5. The number of fused-ring (bicyclic) bond motifs is 1. The van der Waals surface area contributed by atoms with Gasteiger partial charge in [0.25, 0.3) is 5.91 Å². The number of hydrogen-bond donors (Lipinski definition) is 0. The lowest BCUT2D eigenvalue weighted by atomic mass is 10.0. The molecule has 3 aliphatic rings. The largest absolute Gasteiger partial charge is 0.487 e. The van der Waals surface area contributed by atoms with Crippen molar-refractivity contribution in [3.05, 3.63) is 34.2 Å². The van der Waals surface area contributed by atoms with Crippen LogP contribution in [0.1, 0.15) is 25.0 Å². The van der Waals surface area contributed by atoms with Crippen LogP contribution in [0.4, 0.5) is 0 Å². The van der Waals surface area contributed by atoms with Crippen molar-refractivity contribution in [3.8, 4) is 5.75 Å². The van der Waals surface area contributed by atoms with Crippen LogP contribution in [0.2, 0.25) is 0 Å². The molecule has 0 saturated carbocycles. The summed E-state index contributed by atoms with van der Waals surface area (Å²) >= 11 is 1.44. The zero-order valence-corrected chi connectivity index (χ0v) is 14.7. The number of ether oxygens (including phenoxy) is 2. The Kier molecular flexibility index (Phi) is 3.89. The topological polar surface area (TPSA) is 51.1 Å². The number of morpholine rings is 1. The van der Waals surface area contributed by atoms with Crippen LogP contribution in [0.3, 0.4) is 0 Å². The first-order chi connectivity index (χ1) is 11.5. The highest BCUT2D eigenvalue weighted by Gasteiger charge is 2.32. The highest BCUT2D eigenvalue weighted by atomic mass is 32.2. The average Bonchev–Trinajstić information content (AvgIpc) is 3.07. The second kappa shape index (κ2) is 5.93. The molecule has 24 heavy (non-hydrogen) atoms. The Hall–Kier alpha value is -1.79. The van der Waals surface area contributed by atoms with Crippen LogP contribution < -0.4 is 4.74 Å². The maximum absolute atomic E-state index is 12.3. The molecule has 1 fully saturated rings. The van der Waals surface area contributed by atoms with Crippen molar-refractivity contribution in [3.63, 3.8) is 0 Å². The van der Waals surface area contributed by atoms with E-state index >= 15 is 0 Å². The van der Waals surface area contributed by atoms with Crippen molar-refractivity contribution >= 4 is 28.9 Å². The minimum absolute atomic E-state index is 0.170. The summed E-state index contributed by atoms with van der Waals surface area (Å²) in [7, 11) is 0. The van der Waals surface area contributed by atoms with Gasteiger partial charge in [-0.1, -0.05) is 18.2 Å². The molecule has 6 heteroatoms. The lowest BCUT2D eigenvalue weighted by molar-refractivity contribution is -0.113. The van der Waals surface area contributed by atoms with E-state index in [2.05, 4.69) is 29.8 Å². The quantitative estimate of drug-likeness (QED) is 0.733. The number of carbonyl (C=O) groups is 1. The smallest absolute Gasteiger partial charge is 0.286 e. The number of carbonyl (C=O) groups excluding carboxylic acids is 1. The monoisotopic (exact) mass is 344 g/mol. The predicted octanol–water partition coefficient (Wildman–Crippen LogP) is 2.70. The Morgan fingerprint density at radius 2 is 2.08 bits per heavy atom. The second-order valence-electron chi connectivity index (χ2n) is 6.78. The number of benzene rings is 1. The Morgan fingerprint density at radius 1 is 1.29 bits per heavy atom. The van der Waals surface area contributed by atoms with Crippen LogP contribution in [0.5, 0.6) is 5.75 Å². The fraction of sp³-hybridized carbons (Fsp3) is 0.444. The first kappa shape index (κ1) is 15.7. The van der Waals surface area contributed by atoms with Crippen molar-refractivity contribution in [1.29, 1.82) is 0 Å². The molecule has 0 atom stereocenters. The minimum Gasteiger partial charge on any atom is -0.487 e. The van der Waals surface area contributed by atoms with Gasteiger partial charge in [0, 0.05) is 25.1 Å². The normalized spacial score (nSPS) is 24.1. The number of nitrogens with zero attached hydrogens (tertiary/aromatic N) is 2. The van der Waals surface area contributed by atoms with Crippen LogP contribution in [0.15, 0.2) is 28.1 Å². The van der Waals surface area contributed by atoms with E-state index in [1.54, 1.807) is 0 Å². The average molecular weight is 344 g/mol. The van der Waals surface area contributed by atoms with Gasteiger partial charge in [-0.25, -0.2) is 0 Å². The molecule has 126 valence electrons. The van der Waals surface area contributed by atoms with Crippen LogP contribution in [-0.4, -0.2) is 47.9 Å². The van der Waals surface area contributed by atoms with E-state index in [-0.39, 0.29) is 11.5 Å². The zero-order valence-electron chi connectivity index (χ0n) is 13.9. The summed E-state index contributed by atoms with van der Waals surface area (Å²) in [6.45, 7) is 7.09. The number of amides is 1. The Morgan fingerprint density at radius 3 is 2.88 bits per heavy atom. The molecule has 4 rings (SSSR count). The highest BCUT2D eigenvalue weighted by molar-refractivity contribution is 8.18. The number of para-hydroxylation sites is 1. The second-order valence-corrected chi connectivity index (χ2v) is 7.79. The van der Waals surface area contributed by atoms with E-state index in [1.807, 2.05) is 18.2 Å². The van der Waals surface area contributed by atoms with E-state index in [0.29, 0.717) is 18.1 Å². The van der Waals surface area contributed by atoms with Gasteiger partial charge in [0.1, 0.15) is 11.4 Å². The van der Waals surface area contributed by atoms with Gasteiger partial charge in [-0.3, -0.25) is 4.79 Å². The Labute approximate surface area is 145 Å². The molecule has 1 aromatic carbocycles. The molecule has 1 saturated heterocycles. The minimum atomic E-state index is -0.195. The third-order valence-corrected chi connectivity index (χ3v) is 5.34. The van der Waals surface area contributed by atoms with Crippen LogP contribution in [0.25, 0.3) is 6.08 Å². The molecule has 1 aromatic rings. The molecular weight excluding hydrogens is 324 g/mol. The number of thioether (sulfide) groups is 1. The molecule has 0 radical (unpaired) electrons. The molecule has 0 aliphatic carbocycles. The van der Waals surface area contributed by atoms with Gasteiger partial charge in [0.15, 0.2) is 5.17 Å². The molecule has 3 aliphatic heterocycles. The Bertz CT molecular complexity index is 749. The molecule has 0 N–H and O–H groups in total. The van der Waals surface area contributed by atoms with Crippen molar-refractivity contribution in [1.82, 2.24) is 4.90 Å². The number of amidine groups is 1. The van der Waals surface area contributed by atoms with E-state index in [1.165, 1.54) is 17.3 Å². The lowest BCUT2D eigenvalue weighted by Crippen LogP contribution is -2.38. The van der Waals surface area contributed by atoms with Crippen molar-refractivity contribution in [2.45, 2.75) is 25.9 Å². The van der Waals surface area contributed by atoms with E-state index in [0.717, 1.165) is 36.0 Å². The molecule has 3 heterocycles. The third-order valence-electron chi connectivity index (χ3n) is 4.30. The van der Waals surface area contributed by atoms with Crippen molar-refractivity contribution < 1.29 is 14.3 Å². The molecule has 5 nitrogen and oxygen atoms in total. The van der Waals surface area contributed by atoms with Crippen molar-refractivity contribution in [2.24, 2.45) is 4.99 Å². The summed E-state index contributed by atoms with van der Waals surface area (Å²) in [5.74, 6) is 0.722. The van der Waals surface area contributed by atoms with E-state index in [4.69, 9.17) is 9.47 Å². The first-order valence-corrected chi connectivity index (χ1v) is 9.00. The first-order valence-electron chi connectivity index (χ1n) is 8.18. The molecule has 1 amide bonds. The standard InChI is InChI=1S/C18H20N2O3S/c1-18(2)11-13-5-3-4-12(15(13)23-18)10-14-16(21)19-17(24-14)20-6-8-22-9-7-20/h3-5,10H,6-9,11H2,1-2H3. The summed E-state index contributed by atoms with van der Waals surface area (Å²) in [5.41, 5.74) is 1.95. The van der Waals surface area contributed by atoms with Gasteiger partial charge in [0.05, 0.1) is 18.1 Å². The fourth-order valence-corrected chi connectivity index (χ4v) is 4.14. The third kappa shape index (κ3) is 2.96. The maximum atomic E-state index is 12.3. The SMILES string of the molecule is CC1(C)Cc2cccc(C=C3SC(N4CCOCC4)=NC3=O)c2O1. The van der Waals surface area contributed by atoms with Crippen molar-refractivity contribution in [2.75, 3.05) is 26.3 Å². The predicted molar refractivity (Wildman–Crippen MR) is 95.3 cm³/mol. The van der Waals surface area contributed by atoms with Crippen LogP contribution >= 0.6 is 11.8 Å². The summed E-state index contributed by atoms with van der Waals surface area (Å²) in [5, 5.41) is 0.781. The number of aliphatic imine (C=N–C) groups is 1. The van der Waals surface area contributed by atoms with E-state index < -0.39 is 0 Å². The summed E-state index contributed by atoms with van der Waals surface area (Å²) in [6, 6.07) is 6.10. The summed E-state index contributed by atoms with van der Waals surface area (Å²) in [4.78, 5) is 19.3. The van der Waals surface area contributed by atoms with Gasteiger partial charge in [-0.05, 0) is 37.2 Å². The molecule has 0 aromatic heterocycles. The zero-order chi connectivity index (χ0) is 16.7. The number of rotatable bonds is 1. The summed E-state index contributed by atoms with van der Waals surface area (Å²) < 4.78 is 11.4. The fourth-order valence-electron chi connectivity index (χ4n) is 3.18. The van der Waals surface area contributed by atoms with E-state index in [9.17, 15) is 4.79 Å². The van der Waals surface area contributed by atoms with Gasteiger partial charge >= 0.3 is 0 Å². The molecular formula is C18H20N2O3S.